The van der Waals surface area contributed by atoms with Gasteiger partial charge in [-0.15, -0.1) is 0 Å². The molecule has 0 fully saturated rings. The quantitative estimate of drug-likeness (QED) is 0.378. The number of nitrogens with two attached hydrogens (primary N) is 2. The van der Waals surface area contributed by atoms with E-state index in [0.29, 0.717) is 29.0 Å². The molecule has 1 aromatic heterocycles. The summed E-state index contributed by atoms with van der Waals surface area (Å²) in [5.41, 5.74) is 13.6. The van der Waals surface area contributed by atoms with Crippen LogP contribution in [0.5, 0.6) is 0 Å². The first-order chi connectivity index (χ1) is 16.2. The van der Waals surface area contributed by atoms with E-state index in [2.05, 4.69) is 15.0 Å². The molecule has 4 rings (SSSR count). The number of rotatable bonds is 7. The number of aromatic nitrogens is 3. The molecule has 0 spiro atoms. The van der Waals surface area contributed by atoms with Gasteiger partial charge in [-0.05, 0) is 42.5 Å². The molecule has 0 radical (unpaired) electrons. The fourth-order valence-corrected chi connectivity index (χ4v) is 3.63. The van der Waals surface area contributed by atoms with Crippen LogP contribution in [-0.2, 0) is 11.2 Å². The fraction of sp³-hybridized carbons (Fsp3) is 0.167. The Bertz CT molecular complexity index is 1360. The predicted molar refractivity (Wildman–Crippen MR) is 126 cm³/mol. The maximum atomic E-state index is 14.3. The molecule has 0 amide bonds. The normalized spacial score (nSPS) is 12.0. The molecule has 5 N–H and O–H groups in total. The van der Waals surface area contributed by atoms with Crippen LogP contribution in [0.2, 0.25) is 0 Å². The highest BCUT2D eigenvalue weighted by atomic mass is 19.1. The summed E-state index contributed by atoms with van der Waals surface area (Å²) in [7, 11) is 0. The maximum absolute atomic E-state index is 14.3. The van der Waals surface area contributed by atoms with Crippen molar-refractivity contribution in [1.29, 1.82) is 0 Å². The second-order valence-electron chi connectivity index (χ2n) is 7.70. The molecular formula is C24H22F2N6O2. The Morgan fingerprint density at radius 3 is 2.47 bits per heavy atom. The predicted octanol–water partition coefficient (Wildman–Crippen LogP) is 3.66. The summed E-state index contributed by atoms with van der Waals surface area (Å²) in [6.07, 6.45) is 0.187. The summed E-state index contributed by atoms with van der Waals surface area (Å²) >= 11 is 0. The van der Waals surface area contributed by atoms with Gasteiger partial charge in [0.2, 0.25) is 11.9 Å². The van der Waals surface area contributed by atoms with E-state index in [1.807, 2.05) is 6.92 Å². The van der Waals surface area contributed by atoms with E-state index >= 15 is 0 Å². The van der Waals surface area contributed by atoms with E-state index in [4.69, 9.17) is 16.6 Å². The average molecular weight is 464 g/mol. The van der Waals surface area contributed by atoms with Crippen LogP contribution in [0.4, 0.5) is 26.4 Å². The number of anilines is 3. The Labute approximate surface area is 193 Å². The van der Waals surface area contributed by atoms with Crippen molar-refractivity contribution in [2.24, 2.45) is 5.73 Å². The minimum absolute atomic E-state index is 0.00414. The Morgan fingerprint density at radius 2 is 1.79 bits per heavy atom. The second kappa shape index (κ2) is 9.36. The number of nitrogens with zero attached hydrogens (tertiary/aromatic N) is 4. The highest BCUT2D eigenvalue weighted by molar-refractivity contribution is 5.87. The Morgan fingerprint density at radius 1 is 1.06 bits per heavy atom. The fourth-order valence-electron chi connectivity index (χ4n) is 3.63. The van der Waals surface area contributed by atoms with E-state index in [1.165, 1.54) is 6.07 Å². The van der Waals surface area contributed by atoms with Crippen molar-refractivity contribution in [3.8, 4) is 11.4 Å². The van der Waals surface area contributed by atoms with Crippen LogP contribution in [0.3, 0.4) is 0 Å². The number of carboxylic acid groups (broad SMARTS) is 1. The summed E-state index contributed by atoms with van der Waals surface area (Å²) in [6, 6.07) is 13.1. The smallest absolute Gasteiger partial charge is 0.320 e. The molecular weight excluding hydrogens is 442 g/mol. The number of hydrogen-bond donors (Lipinski definition) is 3. The summed E-state index contributed by atoms with van der Waals surface area (Å²) in [5.74, 6) is -1.78. The lowest BCUT2D eigenvalue weighted by Crippen LogP contribution is -2.32. The Kier molecular flexibility index (Phi) is 6.33. The lowest BCUT2D eigenvalue weighted by molar-refractivity contribution is -0.138. The number of benzene rings is 3. The maximum Gasteiger partial charge on any atom is 0.320 e. The summed E-state index contributed by atoms with van der Waals surface area (Å²) in [4.78, 5) is 25.7. The van der Waals surface area contributed by atoms with Crippen LogP contribution in [0.1, 0.15) is 12.5 Å². The molecule has 10 heteroatoms. The van der Waals surface area contributed by atoms with Crippen LogP contribution in [0.15, 0.2) is 54.6 Å². The van der Waals surface area contributed by atoms with Crippen LogP contribution in [0, 0.1) is 11.6 Å². The number of carbonyl (C=O) groups is 1. The molecule has 0 bridgehead atoms. The van der Waals surface area contributed by atoms with Gasteiger partial charge in [-0.1, -0.05) is 30.3 Å². The second-order valence-corrected chi connectivity index (χ2v) is 7.70. The molecule has 1 heterocycles. The first kappa shape index (κ1) is 23.0. The molecule has 0 unspecified atom stereocenters. The van der Waals surface area contributed by atoms with Gasteiger partial charge in [0.15, 0.2) is 5.82 Å². The van der Waals surface area contributed by atoms with Gasteiger partial charge in [-0.25, -0.2) is 8.78 Å². The van der Waals surface area contributed by atoms with Crippen LogP contribution < -0.4 is 16.4 Å². The molecule has 8 nitrogen and oxygen atoms in total. The van der Waals surface area contributed by atoms with Gasteiger partial charge in [0.05, 0.1) is 0 Å². The zero-order valence-corrected chi connectivity index (χ0v) is 18.2. The van der Waals surface area contributed by atoms with E-state index in [-0.39, 0.29) is 23.7 Å². The monoisotopic (exact) mass is 464 g/mol. The van der Waals surface area contributed by atoms with E-state index in [1.54, 1.807) is 47.4 Å². The third-order valence-electron chi connectivity index (χ3n) is 5.35. The molecule has 34 heavy (non-hydrogen) atoms. The van der Waals surface area contributed by atoms with Crippen molar-refractivity contribution >= 4 is 34.3 Å². The first-order valence-corrected chi connectivity index (χ1v) is 10.5. The van der Waals surface area contributed by atoms with Gasteiger partial charge in [0, 0.05) is 29.2 Å². The molecule has 0 aliphatic rings. The molecule has 0 saturated heterocycles. The van der Waals surface area contributed by atoms with E-state index in [9.17, 15) is 13.6 Å². The van der Waals surface area contributed by atoms with Crippen molar-refractivity contribution < 1.29 is 18.7 Å². The molecule has 0 aliphatic heterocycles. The van der Waals surface area contributed by atoms with Crippen molar-refractivity contribution in [2.75, 3.05) is 17.2 Å². The van der Waals surface area contributed by atoms with E-state index in [0.717, 1.165) is 11.6 Å². The minimum Gasteiger partial charge on any atom is -0.480 e. The highest BCUT2D eigenvalue weighted by Gasteiger charge is 2.17. The third kappa shape index (κ3) is 4.76. The molecule has 1 atom stereocenters. The SMILES string of the molecule is CCN(c1ccc2cc(F)cc(F)c2c1)c1nc(N)nc(-c2ccc(C[C@H](N)C(=O)O)cc2)n1. The van der Waals surface area contributed by atoms with Crippen molar-refractivity contribution in [3.05, 3.63) is 71.8 Å². The molecule has 0 aliphatic carbocycles. The zero-order valence-electron chi connectivity index (χ0n) is 18.2. The van der Waals surface area contributed by atoms with Crippen molar-refractivity contribution in [1.82, 2.24) is 15.0 Å². The largest absolute Gasteiger partial charge is 0.480 e. The summed E-state index contributed by atoms with van der Waals surface area (Å²) < 4.78 is 27.9. The molecule has 0 saturated carbocycles. The molecule has 4 aromatic rings. The van der Waals surface area contributed by atoms with E-state index < -0.39 is 23.6 Å². The van der Waals surface area contributed by atoms with Gasteiger partial charge in [0.1, 0.15) is 17.7 Å². The van der Waals surface area contributed by atoms with Crippen LogP contribution >= 0.6 is 0 Å². The van der Waals surface area contributed by atoms with Crippen molar-refractivity contribution in [2.45, 2.75) is 19.4 Å². The van der Waals surface area contributed by atoms with Gasteiger partial charge in [-0.3, -0.25) is 4.79 Å². The molecule has 174 valence electrons. The average Bonchev–Trinajstić information content (AvgIpc) is 2.80. The lowest BCUT2D eigenvalue weighted by Gasteiger charge is -2.22. The van der Waals surface area contributed by atoms with Gasteiger partial charge >= 0.3 is 5.97 Å². The number of hydrogen-bond acceptors (Lipinski definition) is 7. The van der Waals surface area contributed by atoms with Crippen LogP contribution in [-0.4, -0.2) is 38.6 Å². The number of carboxylic acids is 1. The van der Waals surface area contributed by atoms with Gasteiger partial charge < -0.3 is 21.5 Å². The molecule has 3 aromatic carbocycles. The third-order valence-corrected chi connectivity index (χ3v) is 5.35. The topological polar surface area (TPSA) is 131 Å². The Balaban J connectivity index is 1.68. The zero-order chi connectivity index (χ0) is 24.4. The summed E-state index contributed by atoms with van der Waals surface area (Å²) in [6.45, 7) is 2.33. The standard InChI is InChI=1S/C24H22F2N6O2/c1-2-32(17-8-7-15-10-16(25)11-19(26)18(15)12-17)24-30-21(29-23(28)31-24)14-5-3-13(4-6-14)9-20(27)22(33)34/h3-8,10-12,20H,2,9,27H2,1H3,(H,33,34)(H2,28,29,30,31)/t20-/m0/s1. The number of halogens is 2. The first-order valence-electron chi connectivity index (χ1n) is 10.5. The van der Waals surface area contributed by atoms with Gasteiger partial charge in [-0.2, -0.15) is 15.0 Å². The number of nitrogen functional groups attached to an aromatic ring is 1. The minimum atomic E-state index is -1.07. The van der Waals surface area contributed by atoms with Crippen LogP contribution in [0.25, 0.3) is 22.2 Å². The highest BCUT2D eigenvalue weighted by Crippen LogP contribution is 2.29. The van der Waals surface area contributed by atoms with Crippen molar-refractivity contribution in [3.63, 3.8) is 0 Å². The number of aliphatic carboxylic acids is 1. The summed E-state index contributed by atoms with van der Waals surface area (Å²) in [5, 5.41) is 9.70. The number of fused-ring (bicyclic) bond motifs is 1. The lowest BCUT2D eigenvalue weighted by atomic mass is 10.0. The van der Waals surface area contributed by atoms with Gasteiger partial charge in [0.25, 0.3) is 0 Å². The Hall–Kier alpha value is -4.18.